The third-order valence-corrected chi connectivity index (χ3v) is 3.67. The van der Waals surface area contributed by atoms with Gasteiger partial charge in [-0.15, -0.1) is 0 Å². The fourth-order valence-corrected chi connectivity index (χ4v) is 2.58. The zero-order valence-electron chi connectivity index (χ0n) is 9.84. The van der Waals surface area contributed by atoms with E-state index in [0.717, 1.165) is 5.92 Å². The highest BCUT2D eigenvalue weighted by Crippen LogP contribution is 2.22. The Balaban J connectivity index is 2.11. The van der Waals surface area contributed by atoms with Crippen LogP contribution in [0.25, 0.3) is 0 Å². The zero-order chi connectivity index (χ0) is 10.5. The first kappa shape index (κ1) is 10.7. The highest BCUT2D eigenvalue weighted by molar-refractivity contribution is 5.27. The SMILES string of the molecule is CC1CCCCCc2ccccc2CC1. The minimum atomic E-state index is 0.913. The first-order valence-corrected chi connectivity index (χ1v) is 6.43. The molecular formula is C15H22. The van der Waals surface area contributed by atoms with Crippen molar-refractivity contribution in [3.63, 3.8) is 0 Å². The summed E-state index contributed by atoms with van der Waals surface area (Å²) in [6, 6.07) is 9.02. The average Bonchev–Trinajstić information content (AvgIpc) is 2.27. The van der Waals surface area contributed by atoms with E-state index in [2.05, 4.69) is 31.2 Å². The standard InChI is InChI=1S/C15H22/c1-13-7-3-2-4-8-14-9-5-6-10-15(14)12-11-13/h5-6,9-10,13H,2-4,7-8,11-12H2,1H3. The van der Waals surface area contributed by atoms with Crippen molar-refractivity contribution in [1.29, 1.82) is 0 Å². The van der Waals surface area contributed by atoms with Crippen molar-refractivity contribution in [1.82, 2.24) is 0 Å². The molecule has 0 N–H and O–H groups in total. The Morgan fingerprint density at radius 1 is 0.867 bits per heavy atom. The van der Waals surface area contributed by atoms with E-state index in [1.807, 2.05) is 0 Å². The van der Waals surface area contributed by atoms with Crippen LogP contribution in [0.3, 0.4) is 0 Å². The van der Waals surface area contributed by atoms with E-state index in [-0.39, 0.29) is 0 Å². The van der Waals surface area contributed by atoms with Crippen LogP contribution in [-0.2, 0) is 12.8 Å². The van der Waals surface area contributed by atoms with Crippen LogP contribution in [0.5, 0.6) is 0 Å². The third kappa shape index (κ3) is 3.09. The van der Waals surface area contributed by atoms with Crippen LogP contribution in [0.2, 0.25) is 0 Å². The summed E-state index contributed by atoms with van der Waals surface area (Å²) in [5.74, 6) is 0.913. The molecule has 1 aliphatic carbocycles. The van der Waals surface area contributed by atoms with E-state index in [9.17, 15) is 0 Å². The third-order valence-electron chi connectivity index (χ3n) is 3.67. The summed E-state index contributed by atoms with van der Waals surface area (Å²) in [6.45, 7) is 2.41. The molecule has 0 spiro atoms. The highest BCUT2D eigenvalue weighted by atomic mass is 14.1. The van der Waals surface area contributed by atoms with Gasteiger partial charge in [0.05, 0.1) is 0 Å². The average molecular weight is 202 g/mol. The van der Waals surface area contributed by atoms with Gasteiger partial charge in [-0.1, -0.05) is 50.5 Å². The number of hydrogen-bond donors (Lipinski definition) is 0. The second kappa shape index (κ2) is 5.34. The molecule has 1 aliphatic rings. The molecule has 0 heterocycles. The Kier molecular flexibility index (Phi) is 3.82. The summed E-state index contributed by atoms with van der Waals surface area (Å²) in [4.78, 5) is 0. The Bertz CT molecular complexity index is 301. The molecule has 1 aromatic carbocycles. The second-order valence-corrected chi connectivity index (χ2v) is 5.01. The topological polar surface area (TPSA) is 0 Å². The monoisotopic (exact) mass is 202 g/mol. The van der Waals surface area contributed by atoms with Gasteiger partial charge in [-0.3, -0.25) is 0 Å². The fourth-order valence-electron chi connectivity index (χ4n) is 2.58. The minimum Gasteiger partial charge on any atom is -0.0625 e. The second-order valence-electron chi connectivity index (χ2n) is 5.01. The van der Waals surface area contributed by atoms with Gasteiger partial charge in [0.25, 0.3) is 0 Å². The zero-order valence-corrected chi connectivity index (χ0v) is 9.84. The minimum absolute atomic E-state index is 0.913. The maximum atomic E-state index is 2.41. The molecule has 0 aromatic heterocycles. The largest absolute Gasteiger partial charge is 0.0625 e. The molecular weight excluding hydrogens is 180 g/mol. The number of aryl methyl sites for hydroxylation is 2. The lowest BCUT2D eigenvalue weighted by molar-refractivity contribution is 0.455. The Labute approximate surface area is 93.7 Å². The lowest BCUT2D eigenvalue weighted by Crippen LogP contribution is -2.03. The first-order valence-electron chi connectivity index (χ1n) is 6.43. The molecule has 0 aliphatic heterocycles. The van der Waals surface area contributed by atoms with Crippen molar-refractivity contribution in [3.05, 3.63) is 35.4 Å². The summed E-state index contributed by atoms with van der Waals surface area (Å²) in [6.07, 6.45) is 9.62. The van der Waals surface area contributed by atoms with Crippen LogP contribution >= 0.6 is 0 Å². The van der Waals surface area contributed by atoms with E-state index in [0.29, 0.717) is 0 Å². The van der Waals surface area contributed by atoms with Gasteiger partial charge in [0, 0.05) is 0 Å². The normalized spacial score (nSPS) is 23.1. The molecule has 0 radical (unpaired) electrons. The van der Waals surface area contributed by atoms with Crippen molar-refractivity contribution >= 4 is 0 Å². The van der Waals surface area contributed by atoms with Crippen molar-refractivity contribution < 1.29 is 0 Å². The van der Waals surface area contributed by atoms with Gasteiger partial charge in [-0.2, -0.15) is 0 Å². The summed E-state index contributed by atoms with van der Waals surface area (Å²) >= 11 is 0. The molecule has 2 rings (SSSR count). The lowest BCUT2D eigenvalue weighted by atomic mass is 9.90. The van der Waals surface area contributed by atoms with E-state index in [4.69, 9.17) is 0 Å². The van der Waals surface area contributed by atoms with Crippen LogP contribution in [-0.4, -0.2) is 0 Å². The first-order chi connectivity index (χ1) is 7.36. The predicted octanol–water partition coefficient (Wildman–Crippen LogP) is 4.37. The van der Waals surface area contributed by atoms with E-state index < -0.39 is 0 Å². The van der Waals surface area contributed by atoms with E-state index in [1.165, 1.54) is 44.9 Å². The quantitative estimate of drug-likeness (QED) is 0.586. The maximum Gasteiger partial charge on any atom is -0.0274 e. The Morgan fingerprint density at radius 3 is 2.40 bits per heavy atom. The molecule has 0 saturated carbocycles. The Hall–Kier alpha value is -0.780. The van der Waals surface area contributed by atoms with Gasteiger partial charge in [0.15, 0.2) is 0 Å². The van der Waals surface area contributed by atoms with Crippen LogP contribution < -0.4 is 0 Å². The highest BCUT2D eigenvalue weighted by Gasteiger charge is 2.08. The van der Waals surface area contributed by atoms with Crippen LogP contribution in [0.4, 0.5) is 0 Å². The van der Waals surface area contributed by atoms with Crippen molar-refractivity contribution in [2.75, 3.05) is 0 Å². The summed E-state index contributed by atoms with van der Waals surface area (Å²) in [5, 5.41) is 0. The van der Waals surface area contributed by atoms with Crippen molar-refractivity contribution in [3.8, 4) is 0 Å². The number of rotatable bonds is 0. The fraction of sp³-hybridized carbons (Fsp3) is 0.600. The Morgan fingerprint density at radius 2 is 1.60 bits per heavy atom. The molecule has 0 amide bonds. The smallest absolute Gasteiger partial charge is 0.0274 e. The molecule has 0 nitrogen and oxygen atoms in total. The maximum absolute atomic E-state index is 2.41. The molecule has 0 heteroatoms. The molecule has 15 heavy (non-hydrogen) atoms. The number of benzene rings is 1. The lowest BCUT2D eigenvalue weighted by Gasteiger charge is -2.16. The van der Waals surface area contributed by atoms with Crippen molar-refractivity contribution in [2.24, 2.45) is 5.92 Å². The predicted molar refractivity (Wildman–Crippen MR) is 66.1 cm³/mol. The van der Waals surface area contributed by atoms with Crippen LogP contribution in [0.15, 0.2) is 24.3 Å². The van der Waals surface area contributed by atoms with Crippen molar-refractivity contribution in [2.45, 2.75) is 51.9 Å². The molecule has 1 unspecified atom stereocenters. The summed E-state index contributed by atoms with van der Waals surface area (Å²) in [7, 11) is 0. The van der Waals surface area contributed by atoms with Crippen LogP contribution in [0.1, 0.15) is 50.2 Å². The molecule has 0 fully saturated rings. The summed E-state index contributed by atoms with van der Waals surface area (Å²) < 4.78 is 0. The summed E-state index contributed by atoms with van der Waals surface area (Å²) in [5.41, 5.74) is 3.21. The van der Waals surface area contributed by atoms with E-state index in [1.54, 1.807) is 11.1 Å². The van der Waals surface area contributed by atoms with Crippen LogP contribution in [0, 0.1) is 5.92 Å². The van der Waals surface area contributed by atoms with Gasteiger partial charge < -0.3 is 0 Å². The van der Waals surface area contributed by atoms with Gasteiger partial charge in [0.2, 0.25) is 0 Å². The van der Waals surface area contributed by atoms with E-state index >= 15 is 0 Å². The molecule has 0 saturated heterocycles. The molecule has 1 aromatic rings. The number of fused-ring (bicyclic) bond motifs is 1. The number of hydrogen-bond acceptors (Lipinski definition) is 0. The molecule has 0 bridgehead atoms. The van der Waals surface area contributed by atoms with Gasteiger partial charge >= 0.3 is 0 Å². The molecule has 1 atom stereocenters. The molecule has 82 valence electrons. The van der Waals surface area contributed by atoms with Gasteiger partial charge in [0.1, 0.15) is 0 Å². The van der Waals surface area contributed by atoms with Gasteiger partial charge in [-0.05, 0) is 42.7 Å². The van der Waals surface area contributed by atoms with Gasteiger partial charge in [-0.25, -0.2) is 0 Å².